The van der Waals surface area contributed by atoms with Gasteiger partial charge in [0.05, 0.1) is 0 Å². The van der Waals surface area contributed by atoms with Gasteiger partial charge in [0.15, 0.2) is 4.84 Å². The van der Waals surface area contributed by atoms with Crippen molar-refractivity contribution in [3.05, 3.63) is 0 Å². The molecular weight excluding hydrogens is 221 g/mol. The van der Waals surface area contributed by atoms with Gasteiger partial charge in [0, 0.05) is 12.1 Å². The molecule has 0 radical (unpaired) electrons. The second-order valence-electron chi connectivity index (χ2n) is 4.31. The molecule has 84 valence electrons. The van der Waals surface area contributed by atoms with Crippen molar-refractivity contribution in [3.8, 4) is 0 Å². The Labute approximate surface area is 96.6 Å². The standard InChI is InChI=1S/C10H19Cl2NO/c1-5-6-7-13(10(2,3)4)9(14)8(11)12/h8H,5-7H2,1-4H3. The van der Waals surface area contributed by atoms with Crippen LogP contribution in [0, 0.1) is 0 Å². The van der Waals surface area contributed by atoms with E-state index in [0.717, 1.165) is 19.4 Å². The summed E-state index contributed by atoms with van der Waals surface area (Å²) in [6.07, 6.45) is 2.03. The molecule has 4 heteroatoms. The Morgan fingerprint density at radius 1 is 1.36 bits per heavy atom. The lowest BCUT2D eigenvalue weighted by molar-refractivity contribution is -0.134. The van der Waals surface area contributed by atoms with Crippen LogP contribution in [0.15, 0.2) is 0 Å². The van der Waals surface area contributed by atoms with Crippen LogP contribution in [0.1, 0.15) is 40.5 Å². The van der Waals surface area contributed by atoms with Gasteiger partial charge in [-0.15, -0.1) is 0 Å². The molecule has 0 aromatic carbocycles. The molecule has 0 heterocycles. The Morgan fingerprint density at radius 2 is 1.86 bits per heavy atom. The molecule has 14 heavy (non-hydrogen) atoms. The highest BCUT2D eigenvalue weighted by molar-refractivity contribution is 6.53. The summed E-state index contributed by atoms with van der Waals surface area (Å²) in [5.41, 5.74) is -0.214. The van der Waals surface area contributed by atoms with E-state index in [-0.39, 0.29) is 11.4 Å². The molecule has 0 rings (SSSR count). The Balaban J connectivity index is 4.48. The van der Waals surface area contributed by atoms with Gasteiger partial charge in [-0.3, -0.25) is 4.79 Å². The number of hydrogen-bond donors (Lipinski definition) is 0. The van der Waals surface area contributed by atoms with Gasteiger partial charge in [0.1, 0.15) is 0 Å². The minimum absolute atomic E-state index is 0.200. The fourth-order valence-electron chi connectivity index (χ4n) is 1.21. The van der Waals surface area contributed by atoms with Gasteiger partial charge < -0.3 is 4.90 Å². The molecule has 0 saturated heterocycles. The molecule has 1 amide bonds. The molecule has 0 unspecified atom stereocenters. The molecule has 2 nitrogen and oxygen atoms in total. The number of nitrogens with zero attached hydrogens (tertiary/aromatic N) is 1. The number of halogens is 2. The van der Waals surface area contributed by atoms with Gasteiger partial charge in [0.25, 0.3) is 5.91 Å². The van der Waals surface area contributed by atoms with Crippen LogP contribution in [-0.2, 0) is 4.79 Å². The minimum atomic E-state index is -0.953. The van der Waals surface area contributed by atoms with E-state index in [1.165, 1.54) is 0 Å². The summed E-state index contributed by atoms with van der Waals surface area (Å²) in [6.45, 7) is 8.75. The first kappa shape index (κ1) is 14.1. The van der Waals surface area contributed by atoms with Gasteiger partial charge >= 0.3 is 0 Å². The van der Waals surface area contributed by atoms with E-state index in [1.807, 2.05) is 20.8 Å². The number of hydrogen-bond acceptors (Lipinski definition) is 1. The lowest BCUT2D eigenvalue weighted by atomic mass is 10.1. The van der Waals surface area contributed by atoms with Crippen LogP contribution in [0.4, 0.5) is 0 Å². The third-order valence-corrected chi connectivity index (χ3v) is 2.37. The van der Waals surface area contributed by atoms with Crippen molar-refractivity contribution in [1.82, 2.24) is 4.90 Å². The van der Waals surface area contributed by atoms with E-state index in [4.69, 9.17) is 23.2 Å². The van der Waals surface area contributed by atoms with E-state index < -0.39 is 4.84 Å². The van der Waals surface area contributed by atoms with Crippen molar-refractivity contribution in [3.63, 3.8) is 0 Å². The summed E-state index contributed by atoms with van der Waals surface area (Å²) >= 11 is 11.2. The number of unbranched alkanes of at least 4 members (excludes halogenated alkanes) is 1. The maximum atomic E-state index is 11.7. The van der Waals surface area contributed by atoms with Crippen LogP contribution in [0.2, 0.25) is 0 Å². The van der Waals surface area contributed by atoms with Crippen LogP contribution in [0.25, 0.3) is 0 Å². The summed E-state index contributed by atoms with van der Waals surface area (Å²) in [4.78, 5) is 12.4. The average Bonchev–Trinajstić information content (AvgIpc) is 2.02. The van der Waals surface area contributed by atoms with Crippen LogP contribution < -0.4 is 0 Å². The summed E-state index contributed by atoms with van der Waals surface area (Å²) in [5, 5.41) is 0. The zero-order valence-electron chi connectivity index (χ0n) is 9.31. The highest BCUT2D eigenvalue weighted by Gasteiger charge is 2.29. The smallest absolute Gasteiger partial charge is 0.256 e. The molecule has 0 aromatic rings. The number of alkyl halides is 2. The van der Waals surface area contributed by atoms with Crippen LogP contribution in [0.3, 0.4) is 0 Å². The fourth-order valence-corrected chi connectivity index (χ4v) is 1.45. The Hall–Kier alpha value is 0.0500. The quantitative estimate of drug-likeness (QED) is 0.691. The predicted octanol–water partition coefficient (Wildman–Crippen LogP) is 3.22. The van der Waals surface area contributed by atoms with Gasteiger partial charge in [-0.1, -0.05) is 36.5 Å². The molecule has 0 N–H and O–H groups in total. The molecule has 0 atom stereocenters. The van der Waals surface area contributed by atoms with Crippen LogP contribution >= 0.6 is 23.2 Å². The zero-order valence-corrected chi connectivity index (χ0v) is 10.8. The van der Waals surface area contributed by atoms with E-state index in [1.54, 1.807) is 4.90 Å². The summed E-state index contributed by atoms with van der Waals surface area (Å²) in [6, 6.07) is 0. The second-order valence-corrected chi connectivity index (χ2v) is 5.41. The molecule has 0 fully saturated rings. The molecule has 0 aliphatic carbocycles. The summed E-state index contributed by atoms with van der Waals surface area (Å²) < 4.78 is 0. The van der Waals surface area contributed by atoms with Crippen molar-refractivity contribution in [2.24, 2.45) is 0 Å². The molecular formula is C10H19Cl2NO. The van der Waals surface area contributed by atoms with Crippen LogP contribution in [0.5, 0.6) is 0 Å². The SMILES string of the molecule is CCCCN(C(=O)C(Cl)Cl)C(C)(C)C. The predicted molar refractivity (Wildman–Crippen MR) is 61.9 cm³/mol. The van der Waals surface area contributed by atoms with E-state index in [9.17, 15) is 4.79 Å². The van der Waals surface area contributed by atoms with E-state index in [0.29, 0.717) is 0 Å². The maximum absolute atomic E-state index is 11.7. The zero-order chi connectivity index (χ0) is 11.4. The average molecular weight is 240 g/mol. The van der Waals surface area contributed by atoms with Crippen molar-refractivity contribution in [1.29, 1.82) is 0 Å². The Bertz CT molecular complexity index is 187. The topological polar surface area (TPSA) is 20.3 Å². The minimum Gasteiger partial charge on any atom is -0.336 e. The molecule has 0 bridgehead atoms. The lowest BCUT2D eigenvalue weighted by Gasteiger charge is -2.36. The first-order chi connectivity index (χ1) is 6.30. The number of amides is 1. The van der Waals surface area contributed by atoms with Gasteiger partial charge in [-0.2, -0.15) is 0 Å². The first-order valence-corrected chi connectivity index (χ1v) is 5.77. The highest BCUT2D eigenvalue weighted by Crippen LogP contribution is 2.18. The Kier molecular flexibility index (Phi) is 5.84. The normalized spacial score (nSPS) is 11.9. The molecule has 0 spiro atoms. The van der Waals surface area contributed by atoms with Gasteiger partial charge in [0.2, 0.25) is 0 Å². The van der Waals surface area contributed by atoms with Crippen LogP contribution in [-0.4, -0.2) is 27.7 Å². The Morgan fingerprint density at radius 3 is 2.14 bits per heavy atom. The molecule has 0 saturated carbocycles. The van der Waals surface area contributed by atoms with Gasteiger partial charge in [-0.25, -0.2) is 0 Å². The van der Waals surface area contributed by atoms with Crippen molar-refractivity contribution < 1.29 is 4.79 Å². The molecule has 0 aliphatic heterocycles. The largest absolute Gasteiger partial charge is 0.336 e. The molecule has 0 aliphatic rings. The fraction of sp³-hybridized carbons (Fsp3) is 0.900. The van der Waals surface area contributed by atoms with E-state index in [2.05, 4.69) is 6.92 Å². The number of carbonyl (C=O) groups is 1. The third kappa shape index (κ3) is 4.52. The number of carbonyl (C=O) groups excluding carboxylic acids is 1. The van der Waals surface area contributed by atoms with Gasteiger partial charge in [-0.05, 0) is 27.2 Å². The molecule has 0 aromatic heterocycles. The van der Waals surface area contributed by atoms with E-state index >= 15 is 0 Å². The summed E-state index contributed by atoms with van der Waals surface area (Å²) in [7, 11) is 0. The lowest BCUT2D eigenvalue weighted by Crippen LogP contribution is -2.48. The monoisotopic (exact) mass is 239 g/mol. The second kappa shape index (κ2) is 5.82. The van der Waals surface area contributed by atoms with Crippen molar-refractivity contribution in [2.45, 2.75) is 50.9 Å². The van der Waals surface area contributed by atoms with Crippen molar-refractivity contribution in [2.75, 3.05) is 6.54 Å². The first-order valence-electron chi connectivity index (χ1n) is 4.90. The maximum Gasteiger partial charge on any atom is 0.256 e. The number of rotatable bonds is 4. The van der Waals surface area contributed by atoms with Crippen molar-refractivity contribution >= 4 is 29.1 Å². The third-order valence-electron chi connectivity index (χ3n) is 2.00. The summed E-state index contributed by atoms with van der Waals surface area (Å²) in [5.74, 6) is -0.200. The highest BCUT2D eigenvalue weighted by atomic mass is 35.5.